The Hall–Kier alpha value is -2.76. The van der Waals surface area contributed by atoms with Gasteiger partial charge in [0.1, 0.15) is 11.5 Å². The van der Waals surface area contributed by atoms with Crippen molar-refractivity contribution < 1.29 is 9.21 Å². The second kappa shape index (κ2) is 9.08. The van der Waals surface area contributed by atoms with Crippen LogP contribution in [0, 0.1) is 6.92 Å². The molecule has 0 spiro atoms. The minimum atomic E-state index is 0.0138. The molecule has 1 aromatic carbocycles. The molecule has 2 rings (SSSR count). The van der Waals surface area contributed by atoms with Crippen molar-refractivity contribution in [3.8, 4) is 0 Å². The van der Waals surface area contributed by atoms with Crippen LogP contribution in [-0.4, -0.2) is 44.5 Å². The monoisotopic (exact) mass is 356 g/mol. The smallest absolute Gasteiger partial charge is 0.253 e. The molecule has 1 unspecified atom stereocenters. The summed E-state index contributed by atoms with van der Waals surface area (Å²) >= 11 is 0. The first kappa shape index (κ1) is 19.6. The molecule has 1 aromatic heterocycles. The highest BCUT2D eigenvalue weighted by atomic mass is 16.3. The summed E-state index contributed by atoms with van der Waals surface area (Å²) in [5.74, 6) is 2.50. The highest BCUT2D eigenvalue weighted by molar-refractivity contribution is 5.94. The average Bonchev–Trinajstić information content (AvgIpc) is 3.06. The van der Waals surface area contributed by atoms with E-state index in [4.69, 9.17) is 4.42 Å². The number of guanidine groups is 1. The number of hydrogen-bond donors (Lipinski definition) is 2. The molecule has 0 bridgehead atoms. The van der Waals surface area contributed by atoms with E-state index >= 15 is 0 Å². The summed E-state index contributed by atoms with van der Waals surface area (Å²) in [5.41, 5.74) is 1.81. The molecule has 6 heteroatoms. The summed E-state index contributed by atoms with van der Waals surface area (Å²) in [6, 6.07) is 11.7. The lowest BCUT2D eigenvalue weighted by molar-refractivity contribution is 0.0827. The van der Waals surface area contributed by atoms with E-state index in [1.165, 1.54) is 0 Å². The van der Waals surface area contributed by atoms with Gasteiger partial charge in [-0.3, -0.25) is 9.79 Å². The molecule has 0 fully saturated rings. The first-order chi connectivity index (χ1) is 12.4. The largest absolute Gasteiger partial charge is 0.464 e. The molecule has 2 aromatic rings. The number of amides is 1. The Bertz CT molecular complexity index is 765. The maximum absolute atomic E-state index is 12.1. The summed E-state index contributed by atoms with van der Waals surface area (Å²) in [6.45, 7) is 4.67. The predicted octanol–water partition coefficient (Wildman–Crippen LogP) is 2.76. The van der Waals surface area contributed by atoms with Crippen molar-refractivity contribution in [1.82, 2.24) is 15.5 Å². The number of carbonyl (C=O) groups excluding carboxylic acids is 1. The van der Waals surface area contributed by atoms with Gasteiger partial charge < -0.3 is 20.0 Å². The number of carbonyl (C=O) groups is 1. The first-order valence-electron chi connectivity index (χ1n) is 8.75. The van der Waals surface area contributed by atoms with Crippen molar-refractivity contribution in [1.29, 1.82) is 0 Å². The normalized spacial score (nSPS) is 12.6. The van der Waals surface area contributed by atoms with E-state index in [0.717, 1.165) is 23.5 Å². The molecule has 0 aliphatic rings. The maximum atomic E-state index is 12.1. The zero-order chi connectivity index (χ0) is 19.1. The zero-order valence-electron chi connectivity index (χ0n) is 16.2. The molecule has 0 saturated heterocycles. The van der Waals surface area contributed by atoms with E-state index < -0.39 is 0 Å². The van der Waals surface area contributed by atoms with Crippen LogP contribution in [-0.2, 0) is 6.42 Å². The molecule has 0 aliphatic heterocycles. The molecule has 2 N–H and O–H groups in total. The third-order valence-corrected chi connectivity index (χ3v) is 4.05. The molecule has 26 heavy (non-hydrogen) atoms. The van der Waals surface area contributed by atoms with Crippen molar-refractivity contribution in [2.75, 3.05) is 27.7 Å². The van der Waals surface area contributed by atoms with Crippen LogP contribution in [0.5, 0.6) is 0 Å². The Morgan fingerprint density at radius 1 is 1.27 bits per heavy atom. The van der Waals surface area contributed by atoms with Gasteiger partial charge in [-0.05, 0) is 50.1 Å². The van der Waals surface area contributed by atoms with E-state index in [0.29, 0.717) is 18.1 Å². The summed E-state index contributed by atoms with van der Waals surface area (Å²) in [5, 5.41) is 6.61. The number of nitrogens with one attached hydrogen (secondary N) is 2. The van der Waals surface area contributed by atoms with Gasteiger partial charge in [-0.25, -0.2) is 0 Å². The van der Waals surface area contributed by atoms with Crippen molar-refractivity contribution in [3.05, 3.63) is 59.0 Å². The van der Waals surface area contributed by atoms with Crippen molar-refractivity contribution in [2.24, 2.45) is 4.99 Å². The van der Waals surface area contributed by atoms with Gasteiger partial charge in [0, 0.05) is 33.3 Å². The van der Waals surface area contributed by atoms with Crippen LogP contribution >= 0.6 is 0 Å². The molecular formula is C20H28N4O2. The van der Waals surface area contributed by atoms with Gasteiger partial charge in [-0.2, -0.15) is 0 Å². The van der Waals surface area contributed by atoms with Crippen LogP contribution in [0.25, 0.3) is 0 Å². The fourth-order valence-electron chi connectivity index (χ4n) is 2.60. The van der Waals surface area contributed by atoms with Gasteiger partial charge in [0.05, 0.1) is 6.04 Å². The van der Waals surface area contributed by atoms with Crippen molar-refractivity contribution >= 4 is 11.9 Å². The Balaban J connectivity index is 1.87. The molecule has 0 aliphatic carbocycles. The van der Waals surface area contributed by atoms with Gasteiger partial charge in [0.15, 0.2) is 5.96 Å². The van der Waals surface area contributed by atoms with Gasteiger partial charge >= 0.3 is 0 Å². The third kappa shape index (κ3) is 5.37. The SMILES string of the molecule is CN=C(NCCc1cccc(C(=O)N(C)C)c1)NC(C)c1ccc(C)o1. The van der Waals surface area contributed by atoms with Crippen LogP contribution < -0.4 is 10.6 Å². The zero-order valence-corrected chi connectivity index (χ0v) is 16.2. The molecular weight excluding hydrogens is 328 g/mol. The number of benzene rings is 1. The molecule has 0 saturated carbocycles. The van der Waals surface area contributed by atoms with Crippen LogP contribution in [0.3, 0.4) is 0 Å². The number of furan rings is 1. The third-order valence-electron chi connectivity index (χ3n) is 4.05. The molecule has 1 amide bonds. The Morgan fingerprint density at radius 3 is 2.65 bits per heavy atom. The molecule has 1 heterocycles. The maximum Gasteiger partial charge on any atom is 0.253 e. The molecule has 6 nitrogen and oxygen atoms in total. The van der Waals surface area contributed by atoms with Crippen LogP contribution in [0.15, 0.2) is 45.8 Å². The van der Waals surface area contributed by atoms with Crippen LogP contribution in [0.1, 0.15) is 40.4 Å². The summed E-state index contributed by atoms with van der Waals surface area (Å²) < 4.78 is 5.64. The van der Waals surface area contributed by atoms with Crippen molar-refractivity contribution in [3.63, 3.8) is 0 Å². The minimum Gasteiger partial charge on any atom is -0.464 e. The van der Waals surface area contributed by atoms with Gasteiger partial charge in [-0.1, -0.05) is 12.1 Å². The van der Waals surface area contributed by atoms with E-state index in [9.17, 15) is 4.79 Å². The van der Waals surface area contributed by atoms with Crippen molar-refractivity contribution in [2.45, 2.75) is 26.3 Å². The fraction of sp³-hybridized carbons (Fsp3) is 0.400. The lowest BCUT2D eigenvalue weighted by Gasteiger charge is -2.16. The number of aliphatic imine (C=N–C) groups is 1. The molecule has 1 atom stereocenters. The second-order valence-corrected chi connectivity index (χ2v) is 6.46. The van der Waals surface area contributed by atoms with Gasteiger partial charge in [0.2, 0.25) is 0 Å². The predicted molar refractivity (Wildman–Crippen MR) is 105 cm³/mol. The van der Waals surface area contributed by atoms with E-state index in [-0.39, 0.29) is 11.9 Å². The number of rotatable bonds is 6. The summed E-state index contributed by atoms with van der Waals surface area (Å²) in [7, 11) is 5.26. The quantitative estimate of drug-likeness (QED) is 0.617. The fourth-order valence-corrected chi connectivity index (χ4v) is 2.60. The lowest BCUT2D eigenvalue weighted by Crippen LogP contribution is -2.39. The average molecular weight is 356 g/mol. The highest BCUT2D eigenvalue weighted by Crippen LogP contribution is 2.15. The van der Waals surface area contributed by atoms with E-state index in [1.807, 2.05) is 50.2 Å². The summed E-state index contributed by atoms with van der Waals surface area (Å²) in [6.07, 6.45) is 0.795. The number of nitrogens with zero attached hydrogens (tertiary/aromatic N) is 2. The molecule has 0 radical (unpaired) electrons. The summed E-state index contributed by atoms with van der Waals surface area (Å²) in [4.78, 5) is 17.9. The number of aryl methyl sites for hydroxylation is 1. The van der Waals surface area contributed by atoms with Crippen LogP contribution in [0.4, 0.5) is 0 Å². The standard InChI is InChI=1S/C20H28N4O2/c1-14-9-10-18(26-14)15(2)23-20(21-3)22-12-11-16-7-6-8-17(13-16)19(25)24(4)5/h6-10,13,15H,11-12H2,1-5H3,(H2,21,22,23). The van der Waals surface area contributed by atoms with Crippen LogP contribution in [0.2, 0.25) is 0 Å². The molecule has 140 valence electrons. The first-order valence-corrected chi connectivity index (χ1v) is 8.75. The lowest BCUT2D eigenvalue weighted by atomic mass is 10.1. The van der Waals surface area contributed by atoms with E-state index in [1.54, 1.807) is 26.0 Å². The van der Waals surface area contributed by atoms with Gasteiger partial charge in [-0.15, -0.1) is 0 Å². The Morgan fingerprint density at radius 2 is 2.04 bits per heavy atom. The minimum absolute atomic E-state index is 0.0138. The highest BCUT2D eigenvalue weighted by Gasteiger charge is 2.11. The number of hydrogen-bond acceptors (Lipinski definition) is 3. The second-order valence-electron chi connectivity index (χ2n) is 6.46. The van der Waals surface area contributed by atoms with Gasteiger partial charge in [0.25, 0.3) is 5.91 Å². The Labute approximate surface area is 155 Å². The Kier molecular flexibility index (Phi) is 6.83. The topological polar surface area (TPSA) is 69.9 Å². The van der Waals surface area contributed by atoms with E-state index in [2.05, 4.69) is 15.6 Å².